The molecular weight excluding hydrogens is 466 g/mol. The number of ether oxygens (including phenoxy) is 1. The number of nitrogens with one attached hydrogen (secondary N) is 1. The first-order valence-electron chi connectivity index (χ1n) is 9.38. The van der Waals surface area contributed by atoms with Gasteiger partial charge in [0, 0.05) is 24.5 Å². The molecule has 32 heavy (non-hydrogen) atoms. The third-order valence-electron chi connectivity index (χ3n) is 4.93. The molecule has 0 radical (unpaired) electrons. The number of hydrogen-bond acceptors (Lipinski definition) is 4. The normalized spacial score (nSPS) is 16.5. The smallest absolute Gasteiger partial charge is 0.426 e. The number of carbonyl (C=O) groups is 1. The molecule has 1 fully saturated rings. The Balaban J connectivity index is 1.64. The van der Waals surface area contributed by atoms with E-state index in [1.165, 1.54) is 6.07 Å². The van der Waals surface area contributed by atoms with Gasteiger partial charge in [0.05, 0.1) is 4.90 Å². The lowest BCUT2D eigenvalue weighted by molar-refractivity contribution is -0.308. The molecule has 3 rings (SSSR count). The molecule has 2 aromatic carbocycles. The Hall–Kier alpha value is -2.54. The number of benzene rings is 2. The number of piperidine rings is 1. The molecule has 1 aliphatic rings. The Labute approximate surface area is 179 Å². The molecule has 0 aromatic heterocycles. The van der Waals surface area contributed by atoms with Crippen LogP contribution in [0.3, 0.4) is 0 Å². The molecular formula is C19H18F6N2O4S. The van der Waals surface area contributed by atoms with E-state index >= 15 is 0 Å². The van der Waals surface area contributed by atoms with Crippen LogP contribution in [0, 0.1) is 0 Å². The molecule has 0 saturated carbocycles. The molecule has 6 nitrogen and oxygen atoms in total. The van der Waals surface area contributed by atoms with E-state index in [0.717, 1.165) is 0 Å². The van der Waals surface area contributed by atoms with Gasteiger partial charge in [0.15, 0.2) is 0 Å². The lowest BCUT2D eigenvalue weighted by atomic mass is 10.1. The zero-order valence-electron chi connectivity index (χ0n) is 16.3. The molecule has 0 unspecified atom stereocenters. The predicted molar refractivity (Wildman–Crippen MR) is 101 cm³/mol. The van der Waals surface area contributed by atoms with Gasteiger partial charge in [0.2, 0.25) is 10.0 Å². The summed E-state index contributed by atoms with van der Waals surface area (Å²) in [5, 5.41) is 1.20. The second kappa shape index (κ2) is 8.77. The van der Waals surface area contributed by atoms with E-state index in [1.807, 2.05) is 0 Å². The van der Waals surface area contributed by atoms with Crippen LogP contribution < -0.4 is 4.72 Å². The highest BCUT2D eigenvalue weighted by Crippen LogP contribution is 2.36. The molecule has 13 heteroatoms. The lowest BCUT2D eigenvalue weighted by Gasteiger charge is -2.33. The first-order chi connectivity index (χ1) is 14.8. The van der Waals surface area contributed by atoms with Gasteiger partial charge in [-0.2, -0.15) is 26.3 Å². The molecule has 176 valence electrons. The molecule has 1 amide bonds. The van der Waals surface area contributed by atoms with Gasteiger partial charge < -0.3 is 9.64 Å². The minimum absolute atomic E-state index is 0.0121. The Bertz CT molecular complexity index is 1060. The summed E-state index contributed by atoms with van der Waals surface area (Å²) in [4.78, 5) is 12.6. The maximum absolute atomic E-state index is 12.8. The predicted octanol–water partition coefficient (Wildman–Crippen LogP) is 4.21. The van der Waals surface area contributed by atoms with Crippen molar-refractivity contribution in [3.8, 4) is 0 Å². The molecule has 1 aliphatic heterocycles. The van der Waals surface area contributed by atoms with E-state index in [0.29, 0.717) is 15.7 Å². The highest BCUT2D eigenvalue weighted by atomic mass is 32.2. The highest BCUT2D eigenvalue weighted by Gasteiger charge is 2.60. The van der Waals surface area contributed by atoms with Crippen LogP contribution >= 0.6 is 0 Å². The zero-order valence-corrected chi connectivity index (χ0v) is 17.1. The van der Waals surface area contributed by atoms with Crippen molar-refractivity contribution in [3.05, 3.63) is 42.5 Å². The average molecular weight is 484 g/mol. The number of alkyl halides is 6. The van der Waals surface area contributed by atoms with E-state index < -0.39 is 40.6 Å². The second-order valence-corrected chi connectivity index (χ2v) is 8.89. The van der Waals surface area contributed by atoms with Crippen molar-refractivity contribution in [1.82, 2.24) is 9.62 Å². The Morgan fingerprint density at radius 1 is 0.969 bits per heavy atom. The van der Waals surface area contributed by atoms with Gasteiger partial charge in [0.1, 0.15) is 0 Å². The fourth-order valence-corrected chi connectivity index (χ4v) is 4.92. The van der Waals surface area contributed by atoms with Gasteiger partial charge in [-0.25, -0.2) is 17.9 Å². The van der Waals surface area contributed by atoms with Crippen molar-refractivity contribution in [3.63, 3.8) is 0 Å². The summed E-state index contributed by atoms with van der Waals surface area (Å²) >= 11 is 0. The van der Waals surface area contributed by atoms with Crippen LogP contribution in [0.15, 0.2) is 47.4 Å². The van der Waals surface area contributed by atoms with Gasteiger partial charge in [0.25, 0.3) is 6.10 Å². The van der Waals surface area contributed by atoms with Crippen molar-refractivity contribution in [2.75, 3.05) is 13.1 Å². The number of sulfonamides is 1. The minimum atomic E-state index is -5.81. The number of halogens is 6. The summed E-state index contributed by atoms with van der Waals surface area (Å²) in [6.45, 7) is -0.548. The van der Waals surface area contributed by atoms with Crippen molar-refractivity contribution in [2.24, 2.45) is 0 Å². The quantitative estimate of drug-likeness (QED) is 0.660. The SMILES string of the molecule is O=C(OC(C(F)(F)F)C(F)(F)F)N1CCC(NS(=O)(=O)c2cccc3ccccc23)CC1. The van der Waals surface area contributed by atoms with Gasteiger partial charge in [-0.15, -0.1) is 0 Å². The van der Waals surface area contributed by atoms with Crippen LogP contribution in [-0.2, 0) is 14.8 Å². The van der Waals surface area contributed by atoms with Gasteiger partial charge in [-0.05, 0) is 24.3 Å². The zero-order chi connectivity index (χ0) is 23.7. The van der Waals surface area contributed by atoms with Crippen LogP contribution in [0.25, 0.3) is 10.8 Å². The number of fused-ring (bicyclic) bond motifs is 1. The summed E-state index contributed by atoms with van der Waals surface area (Å²) in [5.74, 6) is 0. The largest absolute Gasteiger partial charge is 0.434 e. The number of rotatable bonds is 4. The summed E-state index contributed by atoms with van der Waals surface area (Å²) in [5.41, 5.74) is 0. The first kappa shape index (κ1) is 24.1. The Morgan fingerprint density at radius 2 is 1.53 bits per heavy atom. The monoisotopic (exact) mass is 484 g/mol. The third-order valence-corrected chi connectivity index (χ3v) is 6.51. The van der Waals surface area contributed by atoms with Crippen molar-refractivity contribution in [1.29, 1.82) is 0 Å². The highest BCUT2D eigenvalue weighted by molar-refractivity contribution is 7.89. The fourth-order valence-electron chi connectivity index (χ4n) is 3.39. The van der Waals surface area contributed by atoms with Crippen LogP contribution in [0.4, 0.5) is 31.1 Å². The molecule has 2 aromatic rings. The second-order valence-electron chi connectivity index (χ2n) is 7.21. The van der Waals surface area contributed by atoms with Crippen LogP contribution in [0.2, 0.25) is 0 Å². The van der Waals surface area contributed by atoms with E-state index in [2.05, 4.69) is 9.46 Å². The minimum Gasteiger partial charge on any atom is -0.426 e. The molecule has 1 N–H and O–H groups in total. The standard InChI is InChI=1S/C19H18F6N2O4S/c20-18(21,22)16(19(23,24)25)31-17(28)27-10-8-13(9-11-27)26-32(29,30)15-7-3-5-12-4-1-2-6-14(12)15/h1-7,13,16,26H,8-11H2. The van der Waals surface area contributed by atoms with E-state index in [-0.39, 0.29) is 30.8 Å². The van der Waals surface area contributed by atoms with Crippen molar-refractivity contribution < 1.29 is 44.3 Å². The summed E-state index contributed by atoms with van der Waals surface area (Å²) in [6, 6.07) is 10.9. The summed E-state index contributed by atoms with van der Waals surface area (Å²) < 4.78 is 107. The van der Waals surface area contributed by atoms with Crippen LogP contribution in [0.5, 0.6) is 0 Å². The number of amides is 1. The number of nitrogens with zero attached hydrogens (tertiary/aromatic N) is 1. The lowest BCUT2D eigenvalue weighted by Crippen LogP contribution is -2.51. The van der Waals surface area contributed by atoms with Crippen molar-refractivity contribution in [2.45, 2.75) is 42.2 Å². The fraction of sp³-hybridized carbons (Fsp3) is 0.421. The topological polar surface area (TPSA) is 75.7 Å². The van der Waals surface area contributed by atoms with Crippen LogP contribution in [0.1, 0.15) is 12.8 Å². The van der Waals surface area contributed by atoms with Gasteiger partial charge >= 0.3 is 18.4 Å². The average Bonchev–Trinajstić information content (AvgIpc) is 2.70. The van der Waals surface area contributed by atoms with Gasteiger partial charge in [-0.1, -0.05) is 36.4 Å². The molecule has 0 spiro atoms. The third kappa shape index (κ3) is 5.44. The summed E-state index contributed by atoms with van der Waals surface area (Å²) in [6.07, 6.45) is -17.6. The number of carbonyl (C=O) groups excluding carboxylic acids is 1. The molecule has 1 heterocycles. The van der Waals surface area contributed by atoms with E-state index in [4.69, 9.17) is 0 Å². The maximum Gasteiger partial charge on any atom is 0.434 e. The van der Waals surface area contributed by atoms with E-state index in [1.54, 1.807) is 36.4 Å². The maximum atomic E-state index is 12.8. The Kier molecular flexibility index (Phi) is 6.61. The summed E-state index contributed by atoms with van der Waals surface area (Å²) in [7, 11) is -3.96. The Morgan fingerprint density at radius 3 is 2.12 bits per heavy atom. The van der Waals surface area contributed by atoms with Gasteiger partial charge in [-0.3, -0.25) is 0 Å². The van der Waals surface area contributed by atoms with Crippen LogP contribution in [-0.4, -0.2) is 57.0 Å². The first-order valence-corrected chi connectivity index (χ1v) is 10.9. The molecule has 0 atom stereocenters. The molecule has 1 saturated heterocycles. The molecule has 0 bridgehead atoms. The van der Waals surface area contributed by atoms with E-state index in [9.17, 15) is 39.6 Å². The number of likely N-dealkylation sites (tertiary alicyclic amines) is 1. The molecule has 0 aliphatic carbocycles. The van der Waals surface area contributed by atoms with Crippen molar-refractivity contribution >= 4 is 26.9 Å². The number of hydrogen-bond donors (Lipinski definition) is 1.